The Bertz CT molecular complexity index is 1150. The van der Waals surface area contributed by atoms with Gasteiger partial charge < -0.3 is 26.2 Å². The number of hydrogen-bond acceptors (Lipinski definition) is 4. The van der Waals surface area contributed by atoms with Gasteiger partial charge in [-0.3, -0.25) is 4.79 Å². The predicted octanol–water partition coefficient (Wildman–Crippen LogP) is 4.17. The topological polar surface area (TPSA) is 115 Å². The summed E-state index contributed by atoms with van der Waals surface area (Å²) >= 11 is 0. The number of anilines is 1. The molecule has 0 bridgehead atoms. The Kier molecular flexibility index (Phi) is 8.93. The lowest BCUT2D eigenvalue weighted by Gasteiger charge is -2.32. The van der Waals surface area contributed by atoms with E-state index in [1.807, 2.05) is 35.6 Å². The van der Waals surface area contributed by atoms with E-state index < -0.39 is 42.8 Å². The van der Waals surface area contributed by atoms with Crippen LogP contribution in [0.3, 0.4) is 0 Å². The highest BCUT2D eigenvalue weighted by molar-refractivity contribution is 5.96. The molecule has 1 aliphatic carbocycles. The summed E-state index contributed by atoms with van der Waals surface area (Å²) in [6.45, 7) is 1.90. The van der Waals surface area contributed by atoms with Crippen molar-refractivity contribution in [1.29, 1.82) is 0 Å². The molecule has 4 N–H and O–H groups in total. The smallest absolute Gasteiger partial charge is 0.334 e. The summed E-state index contributed by atoms with van der Waals surface area (Å²) in [5, 5.41) is 10.3. The maximum Gasteiger partial charge on any atom is 0.410 e. The van der Waals surface area contributed by atoms with Gasteiger partial charge in [0.05, 0.1) is 6.54 Å². The minimum atomic E-state index is -4.53. The van der Waals surface area contributed by atoms with Crippen molar-refractivity contribution < 1.29 is 27.6 Å². The molecule has 1 aromatic heterocycles. The fourth-order valence-corrected chi connectivity index (χ4v) is 4.96. The van der Waals surface area contributed by atoms with Crippen molar-refractivity contribution in [2.24, 2.45) is 11.8 Å². The number of urea groups is 2. The number of aromatic nitrogens is 1. The number of nitrogens with zero attached hydrogens (tertiary/aromatic N) is 2. The second kappa shape index (κ2) is 12.4. The lowest BCUT2D eigenvalue weighted by molar-refractivity contribution is -0.149. The van der Waals surface area contributed by atoms with Crippen molar-refractivity contribution in [2.45, 2.75) is 64.0 Å². The van der Waals surface area contributed by atoms with Gasteiger partial charge in [0, 0.05) is 19.3 Å². The molecule has 4 rings (SSSR count). The molecule has 9 nitrogen and oxygen atoms in total. The summed E-state index contributed by atoms with van der Waals surface area (Å²) in [6.07, 6.45) is 0.358. The van der Waals surface area contributed by atoms with Gasteiger partial charge in [-0.05, 0) is 47.9 Å². The van der Waals surface area contributed by atoms with Crippen LogP contribution in [0.2, 0.25) is 0 Å². The molecular formula is C27H33F3N6O3. The molecular weight excluding hydrogens is 513 g/mol. The van der Waals surface area contributed by atoms with Crippen molar-refractivity contribution >= 4 is 23.8 Å². The molecule has 1 aromatic carbocycles. The van der Waals surface area contributed by atoms with Gasteiger partial charge in [-0.25, -0.2) is 14.6 Å². The minimum Gasteiger partial charge on any atom is -0.334 e. The number of alkyl halides is 3. The van der Waals surface area contributed by atoms with Crippen LogP contribution in [0.4, 0.5) is 28.6 Å². The van der Waals surface area contributed by atoms with Crippen LogP contribution in [0.5, 0.6) is 0 Å². The normalized spacial score (nSPS) is 22.1. The summed E-state index contributed by atoms with van der Waals surface area (Å²) in [5.74, 6) is 0.254. The first-order valence-electron chi connectivity index (χ1n) is 13.0. The van der Waals surface area contributed by atoms with Crippen molar-refractivity contribution in [1.82, 2.24) is 25.8 Å². The molecule has 0 spiro atoms. The molecule has 12 heteroatoms. The van der Waals surface area contributed by atoms with Crippen LogP contribution in [-0.2, 0) is 17.9 Å². The average molecular weight is 547 g/mol. The maximum atomic E-state index is 13.4. The standard InChI is InChI=1S/C27H33F3N6O3/c1-17-7-9-20(10-8-17)23(35-25(38)32-14-18-5-3-2-4-6-18)24(37)34-22-13-19(11-12-31-22)15-36-16-21(27(28,29)30)33-26(36)39/h2-6,11-13,17,20-21,23H,7-10,14-16H2,1H3,(H,33,39)(H,31,34,37)(H2,32,35,38)/t17?,20?,21-,23-/m0/s1. The van der Waals surface area contributed by atoms with E-state index in [0.717, 1.165) is 36.1 Å². The van der Waals surface area contributed by atoms with Crippen LogP contribution in [0.15, 0.2) is 48.7 Å². The number of carbonyl (C=O) groups excluding carboxylic acids is 3. The van der Waals surface area contributed by atoms with Crippen LogP contribution in [0, 0.1) is 11.8 Å². The van der Waals surface area contributed by atoms with Gasteiger partial charge in [0.2, 0.25) is 5.91 Å². The summed E-state index contributed by atoms with van der Waals surface area (Å²) in [7, 11) is 0. The van der Waals surface area contributed by atoms with E-state index in [4.69, 9.17) is 0 Å². The zero-order valence-corrected chi connectivity index (χ0v) is 21.6. The quantitative estimate of drug-likeness (QED) is 0.398. The zero-order chi connectivity index (χ0) is 28.0. The van der Waals surface area contributed by atoms with Crippen molar-refractivity contribution in [3.8, 4) is 0 Å². The van der Waals surface area contributed by atoms with Gasteiger partial charge >= 0.3 is 18.2 Å². The number of rotatable bonds is 8. The van der Waals surface area contributed by atoms with Crippen LogP contribution >= 0.6 is 0 Å². The predicted molar refractivity (Wildman–Crippen MR) is 138 cm³/mol. The second-order valence-corrected chi connectivity index (χ2v) is 10.3. The number of nitrogens with one attached hydrogen (secondary N) is 4. The zero-order valence-electron chi connectivity index (χ0n) is 21.6. The van der Waals surface area contributed by atoms with E-state index >= 15 is 0 Å². The number of amides is 5. The molecule has 2 heterocycles. The number of pyridine rings is 1. The van der Waals surface area contributed by atoms with E-state index in [2.05, 4.69) is 27.9 Å². The summed E-state index contributed by atoms with van der Waals surface area (Å²) in [4.78, 5) is 43.3. The van der Waals surface area contributed by atoms with Gasteiger partial charge in [0.25, 0.3) is 0 Å². The Morgan fingerprint density at radius 3 is 2.49 bits per heavy atom. The molecule has 2 fully saturated rings. The van der Waals surface area contributed by atoms with Crippen molar-refractivity contribution in [3.63, 3.8) is 0 Å². The molecule has 0 unspecified atom stereocenters. The molecule has 1 saturated carbocycles. The summed E-state index contributed by atoms with van der Waals surface area (Å²) < 4.78 is 39.0. The lowest BCUT2D eigenvalue weighted by Crippen LogP contribution is -2.52. The first kappa shape index (κ1) is 28.2. The number of halogens is 3. The fourth-order valence-electron chi connectivity index (χ4n) is 4.96. The third kappa shape index (κ3) is 7.84. The Morgan fingerprint density at radius 2 is 1.82 bits per heavy atom. The fraction of sp³-hybridized carbons (Fsp3) is 0.481. The van der Waals surface area contributed by atoms with E-state index in [0.29, 0.717) is 18.0 Å². The summed E-state index contributed by atoms with van der Waals surface area (Å²) in [5.41, 5.74) is 1.43. The number of benzene rings is 1. The van der Waals surface area contributed by atoms with E-state index in [1.165, 1.54) is 12.3 Å². The SMILES string of the molecule is CC1CCC([C@H](NC(=O)NCc2ccccc2)C(=O)Nc2cc(CN3C[C@@H](C(F)(F)F)NC3=O)ccn2)CC1. The number of carbonyl (C=O) groups is 3. The van der Waals surface area contributed by atoms with Crippen LogP contribution in [-0.4, -0.2) is 52.7 Å². The Hall–Kier alpha value is -3.83. The third-order valence-corrected chi connectivity index (χ3v) is 7.23. The molecule has 2 aliphatic rings. The first-order valence-corrected chi connectivity index (χ1v) is 13.0. The third-order valence-electron chi connectivity index (χ3n) is 7.23. The van der Waals surface area contributed by atoms with Crippen LogP contribution in [0.1, 0.15) is 43.7 Å². The Labute approximate surface area is 224 Å². The minimum absolute atomic E-state index is 0.0561. The number of hydrogen-bond donors (Lipinski definition) is 4. The maximum absolute atomic E-state index is 13.4. The van der Waals surface area contributed by atoms with Gasteiger partial charge in [0.1, 0.15) is 17.9 Å². The van der Waals surface area contributed by atoms with E-state index in [-0.39, 0.29) is 18.3 Å². The van der Waals surface area contributed by atoms with Crippen LogP contribution in [0.25, 0.3) is 0 Å². The lowest BCUT2D eigenvalue weighted by atomic mass is 9.79. The van der Waals surface area contributed by atoms with Crippen molar-refractivity contribution in [3.05, 3.63) is 59.8 Å². The molecule has 1 aliphatic heterocycles. The largest absolute Gasteiger partial charge is 0.410 e. The van der Waals surface area contributed by atoms with Gasteiger partial charge in [-0.1, -0.05) is 50.1 Å². The molecule has 210 valence electrons. The molecule has 2 atom stereocenters. The molecule has 1 saturated heterocycles. The van der Waals surface area contributed by atoms with Gasteiger partial charge in [-0.15, -0.1) is 0 Å². The Morgan fingerprint density at radius 1 is 1.10 bits per heavy atom. The molecule has 5 amide bonds. The van der Waals surface area contributed by atoms with Crippen molar-refractivity contribution in [2.75, 3.05) is 11.9 Å². The molecule has 0 radical (unpaired) electrons. The molecule has 2 aromatic rings. The highest BCUT2D eigenvalue weighted by atomic mass is 19.4. The van der Waals surface area contributed by atoms with Crippen LogP contribution < -0.4 is 21.3 Å². The first-order chi connectivity index (χ1) is 18.6. The summed E-state index contributed by atoms with van der Waals surface area (Å²) in [6, 6.07) is 8.51. The second-order valence-electron chi connectivity index (χ2n) is 10.3. The van der Waals surface area contributed by atoms with E-state index in [1.54, 1.807) is 6.07 Å². The monoisotopic (exact) mass is 546 g/mol. The molecule has 39 heavy (non-hydrogen) atoms. The van der Waals surface area contributed by atoms with Gasteiger partial charge in [-0.2, -0.15) is 13.2 Å². The average Bonchev–Trinajstić information content (AvgIpc) is 3.28. The highest BCUT2D eigenvalue weighted by Gasteiger charge is 2.46. The van der Waals surface area contributed by atoms with E-state index in [9.17, 15) is 27.6 Å². The highest BCUT2D eigenvalue weighted by Crippen LogP contribution is 2.31. The Balaban J connectivity index is 1.40. The van der Waals surface area contributed by atoms with Gasteiger partial charge in [0.15, 0.2) is 0 Å².